The molecule has 2 rings (SSSR count). The van der Waals surface area contributed by atoms with Crippen LogP contribution >= 0.6 is 0 Å². The van der Waals surface area contributed by atoms with Crippen molar-refractivity contribution in [3.63, 3.8) is 0 Å². The number of aliphatic hydroxyl groups excluding tert-OH is 1. The zero-order chi connectivity index (χ0) is 14.7. The van der Waals surface area contributed by atoms with E-state index in [0.29, 0.717) is 11.5 Å². The van der Waals surface area contributed by atoms with Crippen LogP contribution in [0.4, 0.5) is 8.78 Å². The molecule has 1 atom stereocenters. The van der Waals surface area contributed by atoms with Crippen molar-refractivity contribution in [1.82, 2.24) is 0 Å². The van der Waals surface area contributed by atoms with Crippen LogP contribution < -0.4 is 9.47 Å². The molecule has 1 N–H and O–H groups in total. The minimum absolute atomic E-state index is 0.173. The number of hydrogen-bond acceptors (Lipinski definition) is 3. The third kappa shape index (κ3) is 2.58. The molecule has 106 valence electrons. The fourth-order valence-corrected chi connectivity index (χ4v) is 2.03. The largest absolute Gasteiger partial charge is 0.496 e. The summed E-state index contributed by atoms with van der Waals surface area (Å²) in [6, 6.07) is 7.80. The number of hydrogen-bond donors (Lipinski definition) is 1. The van der Waals surface area contributed by atoms with E-state index in [2.05, 4.69) is 0 Å². The number of aliphatic hydroxyl groups is 1. The van der Waals surface area contributed by atoms with Crippen LogP contribution in [0.5, 0.6) is 11.5 Å². The molecule has 0 aliphatic rings. The Kier molecular flexibility index (Phi) is 4.20. The second-order valence-corrected chi connectivity index (χ2v) is 4.14. The van der Waals surface area contributed by atoms with Crippen molar-refractivity contribution in [2.45, 2.75) is 6.10 Å². The van der Waals surface area contributed by atoms with E-state index in [9.17, 15) is 13.9 Å². The van der Waals surface area contributed by atoms with Gasteiger partial charge in [0.1, 0.15) is 29.2 Å². The summed E-state index contributed by atoms with van der Waals surface area (Å²) in [6.07, 6.45) is -1.39. The second kappa shape index (κ2) is 5.88. The van der Waals surface area contributed by atoms with Crippen LogP contribution in [-0.4, -0.2) is 19.3 Å². The highest BCUT2D eigenvalue weighted by atomic mass is 19.1. The van der Waals surface area contributed by atoms with Gasteiger partial charge in [-0.2, -0.15) is 0 Å². The summed E-state index contributed by atoms with van der Waals surface area (Å²) in [6.45, 7) is 0. The van der Waals surface area contributed by atoms with Crippen LogP contribution in [0.25, 0.3) is 0 Å². The van der Waals surface area contributed by atoms with Gasteiger partial charge in [-0.1, -0.05) is 6.07 Å². The zero-order valence-electron chi connectivity index (χ0n) is 11.1. The van der Waals surface area contributed by atoms with Gasteiger partial charge in [-0.05, 0) is 30.3 Å². The maximum absolute atomic E-state index is 13.8. The Bertz CT molecular complexity index is 592. The molecule has 0 spiro atoms. The number of benzene rings is 2. The molecule has 0 aliphatic carbocycles. The van der Waals surface area contributed by atoms with Gasteiger partial charge in [0.15, 0.2) is 0 Å². The molecule has 0 aromatic heterocycles. The van der Waals surface area contributed by atoms with E-state index in [1.54, 1.807) is 18.2 Å². The lowest BCUT2D eigenvalue weighted by atomic mass is 9.99. The summed E-state index contributed by atoms with van der Waals surface area (Å²) in [5.41, 5.74) is 0.0785. The van der Waals surface area contributed by atoms with Crippen molar-refractivity contribution >= 4 is 0 Å². The Labute approximate surface area is 115 Å². The van der Waals surface area contributed by atoms with E-state index in [0.717, 1.165) is 18.2 Å². The van der Waals surface area contributed by atoms with Gasteiger partial charge in [-0.25, -0.2) is 8.78 Å². The van der Waals surface area contributed by atoms with Crippen LogP contribution in [0.15, 0.2) is 36.4 Å². The maximum Gasteiger partial charge on any atom is 0.129 e. The Morgan fingerprint density at radius 1 is 1.00 bits per heavy atom. The molecule has 3 nitrogen and oxygen atoms in total. The van der Waals surface area contributed by atoms with Gasteiger partial charge in [-0.3, -0.25) is 0 Å². The number of halogens is 2. The molecule has 0 saturated heterocycles. The second-order valence-electron chi connectivity index (χ2n) is 4.14. The third-order valence-electron chi connectivity index (χ3n) is 2.99. The average Bonchev–Trinajstić information content (AvgIpc) is 2.48. The van der Waals surface area contributed by atoms with E-state index in [4.69, 9.17) is 9.47 Å². The van der Waals surface area contributed by atoms with Gasteiger partial charge in [0.25, 0.3) is 0 Å². The molecule has 2 aromatic rings. The van der Waals surface area contributed by atoms with Crippen LogP contribution in [-0.2, 0) is 0 Å². The van der Waals surface area contributed by atoms with Gasteiger partial charge in [0.05, 0.1) is 19.8 Å². The van der Waals surface area contributed by atoms with Crippen LogP contribution in [0, 0.1) is 11.6 Å². The van der Waals surface area contributed by atoms with Crippen LogP contribution in [0.3, 0.4) is 0 Å². The number of rotatable bonds is 4. The first kappa shape index (κ1) is 14.3. The number of methoxy groups -OCH3 is 2. The van der Waals surface area contributed by atoms with Gasteiger partial charge in [0, 0.05) is 5.56 Å². The standard InChI is InChI=1S/C15H14F2O3/c1-19-12-4-3-5-13(20-2)14(12)15(18)10-8-9(16)6-7-11(10)17/h3-8,15,18H,1-2H3. The smallest absolute Gasteiger partial charge is 0.129 e. The highest BCUT2D eigenvalue weighted by Crippen LogP contribution is 2.38. The fourth-order valence-electron chi connectivity index (χ4n) is 2.03. The summed E-state index contributed by atoms with van der Waals surface area (Å²) in [5.74, 6) is -0.665. The highest BCUT2D eigenvalue weighted by molar-refractivity contribution is 5.49. The summed E-state index contributed by atoms with van der Waals surface area (Å²) in [5, 5.41) is 10.4. The van der Waals surface area contributed by atoms with E-state index in [1.807, 2.05) is 0 Å². The lowest BCUT2D eigenvalue weighted by Crippen LogP contribution is -2.07. The number of ether oxygens (including phenoxy) is 2. The SMILES string of the molecule is COc1cccc(OC)c1C(O)c1cc(F)ccc1F. The van der Waals surface area contributed by atoms with Gasteiger partial charge in [-0.15, -0.1) is 0 Å². The minimum Gasteiger partial charge on any atom is -0.496 e. The molecular weight excluding hydrogens is 266 g/mol. The summed E-state index contributed by atoms with van der Waals surface area (Å²) < 4.78 is 37.3. The minimum atomic E-state index is -1.39. The molecule has 0 bridgehead atoms. The highest BCUT2D eigenvalue weighted by Gasteiger charge is 2.23. The predicted octanol–water partition coefficient (Wildman–Crippen LogP) is 3.06. The topological polar surface area (TPSA) is 38.7 Å². The average molecular weight is 280 g/mol. The molecule has 1 unspecified atom stereocenters. The molecular formula is C15H14F2O3. The maximum atomic E-state index is 13.8. The molecule has 5 heteroatoms. The Morgan fingerprint density at radius 2 is 1.60 bits per heavy atom. The third-order valence-corrected chi connectivity index (χ3v) is 2.99. The normalized spacial score (nSPS) is 12.1. The van der Waals surface area contributed by atoms with Crippen molar-refractivity contribution in [3.8, 4) is 11.5 Å². The molecule has 2 aromatic carbocycles. The van der Waals surface area contributed by atoms with Crippen molar-refractivity contribution < 1.29 is 23.4 Å². The molecule has 0 radical (unpaired) electrons. The van der Waals surface area contributed by atoms with Crippen molar-refractivity contribution in [2.75, 3.05) is 14.2 Å². The van der Waals surface area contributed by atoms with Crippen LogP contribution in [0.2, 0.25) is 0 Å². The van der Waals surface area contributed by atoms with Gasteiger partial charge < -0.3 is 14.6 Å². The molecule has 0 fully saturated rings. The molecule has 0 saturated carbocycles. The molecule has 0 aliphatic heterocycles. The summed E-state index contributed by atoms with van der Waals surface area (Å²) >= 11 is 0. The Morgan fingerprint density at radius 3 is 2.15 bits per heavy atom. The van der Waals surface area contributed by atoms with E-state index in [-0.39, 0.29) is 11.1 Å². The lowest BCUT2D eigenvalue weighted by molar-refractivity contribution is 0.203. The molecule has 20 heavy (non-hydrogen) atoms. The van der Waals surface area contributed by atoms with Crippen LogP contribution in [0.1, 0.15) is 17.2 Å². The van der Waals surface area contributed by atoms with Crippen molar-refractivity contribution in [1.29, 1.82) is 0 Å². The summed E-state index contributed by atoms with van der Waals surface area (Å²) in [7, 11) is 2.85. The van der Waals surface area contributed by atoms with Gasteiger partial charge >= 0.3 is 0 Å². The summed E-state index contributed by atoms with van der Waals surface area (Å²) in [4.78, 5) is 0. The van der Waals surface area contributed by atoms with E-state index < -0.39 is 17.7 Å². The first-order valence-corrected chi connectivity index (χ1v) is 5.92. The first-order chi connectivity index (χ1) is 9.58. The lowest BCUT2D eigenvalue weighted by Gasteiger charge is -2.18. The van der Waals surface area contributed by atoms with Gasteiger partial charge in [0.2, 0.25) is 0 Å². The van der Waals surface area contributed by atoms with Crippen molar-refractivity contribution in [3.05, 3.63) is 59.2 Å². The van der Waals surface area contributed by atoms with Crippen molar-refractivity contribution in [2.24, 2.45) is 0 Å². The monoisotopic (exact) mass is 280 g/mol. The molecule has 0 amide bonds. The Balaban J connectivity index is 2.58. The predicted molar refractivity (Wildman–Crippen MR) is 70.0 cm³/mol. The van der Waals surface area contributed by atoms with E-state index >= 15 is 0 Å². The van der Waals surface area contributed by atoms with E-state index in [1.165, 1.54) is 14.2 Å². The quantitative estimate of drug-likeness (QED) is 0.935. The first-order valence-electron chi connectivity index (χ1n) is 5.92. The zero-order valence-corrected chi connectivity index (χ0v) is 11.1. The fraction of sp³-hybridized carbons (Fsp3) is 0.200. The molecule has 0 heterocycles. The Hall–Kier alpha value is -2.14.